The second-order valence-electron chi connectivity index (χ2n) is 4.35. The summed E-state index contributed by atoms with van der Waals surface area (Å²) >= 11 is 11.7. The second kappa shape index (κ2) is 6.91. The number of benzene rings is 2. The van der Waals surface area contributed by atoms with Crippen molar-refractivity contribution in [1.29, 1.82) is 0 Å². The van der Waals surface area contributed by atoms with Gasteiger partial charge in [0.25, 0.3) is 5.91 Å². The van der Waals surface area contributed by atoms with Crippen molar-refractivity contribution in [2.45, 2.75) is 13.0 Å². The van der Waals surface area contributed by atoms with E-state index in [4.69, 9.17) is 11.6 Å². The van der Waals surface area contributed by atoms with Gasteiger partial charge in [-0.05, 0) is 59.3 Å². The van der Waals surface area contributed by atoms with E-state index in [2.05, 4.69) is 43.8 Å². The van der Waals surface area contributed by atoms with Crippen molar-refractivity contribution in [2.24, 2.45) is 0 Å². The van der Waals surface area contributed by atoms with Gasteiger partial charge in [-0.3, -0.25) is 4.79 Å². The van der Waals surface area contributed by atoms with Crippen LogP contribution < -0.4 is 5.32 Å². The van der Waals surface area contributed by atoms with Crippen molar-refractivity contribution in [3.8, 4) is 0 Å². The van der Waals surface area contributed by atoms with Gasteiger partial charge in [-0.1, -0.05) is 45.7 Å². The Morgan fingerprint density at radius 2 is 2.00 bits per heavy atom. The molecular formula is C15H12BrClINO. The van der Waals surface area contributed by atoms with Gasteiger partial charge in [-0.2, -0.15) is 0 Å². The van der Waals surface area contributed by atoms with Gasteiger partial charge in [0.2, 0.25) is 0 Å². The summed E-state index contributed by atoms with van der Waals surface area (Å²) in [5.41, 5.74) is 1.60. The Kier molecular flexibility index (Phi) is 5.46. The molecule has 2 rings (SSSR count). The third-order valence-corrected chi connectivity index (χ3v) is 5.20. The molecule has 0 saturated carbocycles. The zero-order valence-electron chi connectivity index (χ0n) is 10.7. The van der Waals surface area contributed by atoms with Crippen LogP contribution in [0.5, 0.6) is 0 Å². The quantitative estimate of drug-likeness (QED) is 0.622. The van der Waals surface area contributed by atoms with Gasteiger partial charge in [0.05, 0.1) is 11.1 Å². The molecule has 2 nitrogen and oxygen atoms in total. The van der Waals surface area contributed by atoms with Gasteiger partial charge in [-0.15, -0.1) is 0 Å². The highest BCUT2D eigenvalue weighted by Crippen LogP contribution is 2.24. The fourth-order valence-corrected chi connectivity index (χ4v) is 2.97. The monoisotopic (exact) mass is 463 g/mol. The molecule has 0 aliphatic rings. The molecule has 5 heteroatoms. The molecule has 1 unspecified atom stereocenters. The van der Waals surface area contributed by atoms with Gasteiger partial charge >= 0.3 is 0 Å². The molecule has 0 heterocycles. The summed E-state index contributed by atoms with van der Waals surface area (Å²) < 4.78 is 1.91. The Morgan fingerprint density at radius 3 is 2.65 bits per heavy atom. The van der Waals surface area contributed by atoms with Gasteiger partial charge in [0.1, 0.15) is 0 Å². The normalized spacial score (nSPS) is 12.0. The van der Waals surface area contributed by atoms with E-state index in [-0.39, 0.29) is 11.9 Å². The number of rotatable bonds is 3. The van der Waals surface area contributed by atoms with Crippen molar-refractivity contribution in [3.05, 3.63) is 66.7 Å². The number of hydrogen-bond acceptors (Lipinski definition) is 1. The van der Waals surface area contributed by atoms with Crippen molar-refractivity contribution >= 4 is 56.0 Å². The SMILES string of the molecule is CC(NC(=O)c1ccc(I)c(Cl)c1)c1ccccc1Br. The van der Waals surface area contributed by atoms with Crippen LogP contribution in [0, 0.1) is 3.57 Å². The summed E-state index contributed by atoms with van der Waals surface area (Å²) in [6.45, 7) is 1.95. The largest absolute Gasteiger partial charge is 0.345 e. The highest BCUT2D eigenvalue weighted by molar-refractivity contribution is 14.1. The van der Waals surface area contributed by atoms with E-state index in [1.807, 2.05) is 37.3 Å². The minimum atomic E-state index is -0.133. The summed E-state index contributed by atoms with van der Waals surface area (Å²) in [4.78, 5) is 12.2. The highest BCUT2D eigenvalue weighted by atomic mass is 127. The third kappa shape index (κ3) is 3.74. The molecule has 1 atom stereocenters. The zero-order valence-corrected chi connectivity index (χ0v) is 15.2. The lowest BCUT2D eigenvalue weighted by atomic mass is 10.1. The number of nitrogens with one attached hydrogen (secondary N) is 1. The van der Waals surface area contributed by atoms with E-state index in [1.54, 1.807) is 12.1 Å². The van der Waals surface area contributed by atoms with E-state index in [0.29, 0.717) is 10.6 Å². The van der Waals surface area contributed by atoms with Crippen LogP contribution in [-0.2, 0) is 0 Å². The average Bonchev–Trinajstić information content (AvgIpc) is 2.42. The lowest BCUT2D eigenvalue weighted by Gasteiger charge is -2.16. The molecule has 2 aromatic carbocycles. The number of halogens is 3. The summed E-state index contributed by atoms with van der Waals surface area (Å²) in [7, 11) is 0. The first kappa shape index (κ1) is 15.8. The van der Waals surface area contributed by atoms with Crippen molar-refractivity contribution in [3.63, 3.8) is 0 Å². The molecule has 20 heavy (non-hydrogen) atoms. The van der Waals surface area contributed by atoms with Crippen LogP contribution in [0.3, 0.4) is 0 Å². The summed E-state index contributed by atoms with van der Waals surface area (Å²) in [5.74, 6) is -0.133. The maximum absolute atomic E-state index is 12.2. The fraction of sp³-hybridized carbons (Fsp3) is 0.133. The number of amides is 1. The minimum Gasteiger partial charge on any atom is -0.345 e. The van der Waals surface area contributed by atoms with Crippen LogP contribution in [0.25, 0.3) is 0 Å². The van der Waals surface area contributed by atoms with E-state index < -0.39 is 0 Å². The van der Waals surface area contributed by atoms with Gasteiger partial charge in [-0.25, -0.2) is 0 Å². The predicted molar refractivity (Wildman–Crippen MR) is 94.2 cm³/mol. The van der Waals surface area contributed by atoms with Crippen LogP contribution in [0.2, 0.25) is 5.02 Å². The summed E-state index contributed by atoms with van der Waals surface area (Å²) in [5, 5.41) is 3.56. The topological polar surface area (TPSA) is 29.1 Å². The van der Waals surface area contributed by atoms with E-state index in [0.717, 1.165) is 13.6 Å². The maximum Gasteiger partial charge on any atom is 0.251 e. The van der Waals surface area contributed by atoms with Crippen LogP contribution in [0.4, 0.5) is 0 Å². The number of carbonyl (C=O) groups excluding carboxylic acids is 1. The maximum atomic E-state index is 12.2. The number of hydrogen-bond donors (Lipinski definition) is 1. The molecule has 0 spiro atoms. The Morgan fingerprint density at radius 1 is 1.30 bits per heavy atom. The Hall–Kier alpha value is -0.590. The first-order valence-electron chi connectivity index (χ1n) is 5.99. The van der Waals surface area contributed by atoms with Crippen LogP contribution >= 0.6 is 50.1 Å². The number of carbonyl (C=O) groups is 1. The Labute approximate surface area is 145 Å². The molecule has 2 aromatic rings. The molecule has 1 N–H and O–H groups in total. The summed E-state index contributed by atoms with van der Waals surface area (Å²) in [6, 6.07) is 13.0. The fourth-order valence-electron chi connectivity index (χ4n) is 1.82. The lowest BCUT2D eigenvalue weighted by Crippen LogP contribution is -2.26. The smallest absolute Gasteiger partial charge is 0.251 e. The molecule has 104 valence electrons. The van der Waals surface area contributed by atoms with Gasteiger partial charge in [0.15, 0.2) is 0 Å². The molecule has 0 aliphatic carbocycles. The third-order valence-electron chi connectivity index (χ3n) is 2.90. The van der Waals surface area contributed by atoms with Crippen LogP contribution in [-0.4, -0.2) is 5.91 Å². The zero-order chi connectivity index (χ0) is 14.7. The minimum absolute atomic E-state index is 0.0869. The molecule has 0 saturated heterocycles. The van der Waals surface area contributed by atoms with E-state index >= 15 is 0 Å². The molecule has 0 fully saturated rings. The first-order valence-corrected chi connectivity index (χ1v) is 8.24. The first-order chi connectivity index (χ1) is 9.49. The van der Waals surface area contributed by atoms with Crippen LogP contribution in [0.1, 0.15) is 28.9 Å². The Bertz CT molecular complexity index is 648. The molecule has 0 aromatic heterocycles. The van der Waals surface area contributed by atoms with E-state index in [9.17, 15) is 4.79 Å². The van der Waals surface area contributed by atoms with Crippen LogP contribution in [0.15, 0.2) is 46.9 Å². The molecule has 1 amide bonds. The molecular weight excluding hydrogens is 452 g/mol. The lowest BCUT2D eigenvalue weighted by molar-refractivity contribution is 0.0940. The van der Waals surface area contributed by atoms with Crippen molar-refractivity contribution < 1.29 is 4.79 Å². The van der Waals surface area contributed by atoms with Gasteiger partial charge < -0.3 is 5.32 Å². The Balaban J connectivity index is 2.15. The predicted octanol–water partition coefficient (Wildman–Crippen LogP) is 5.20. The molecule has 0 radical (unpaired) electrons. The van der Waals surface area contributed by atoms with Crippen molar-refractivity contribution in [2.75, 3.05) is 0 Å². The molecule has 0 bridgehead atoms. The standard InChI is InChI=1S/C15H12BrClINO/c1-9(11-4-2-3-5-12(11)16)19-15(20)10-6-7-14(18)13(17)8-10/h2-9H,1H3,(H,19,20). The highest BCUT2D eigenvalue weighted by Gasteiger charge is 2.14. The summed E-state index contributed by atoms with van der Waals surface area (Å²) in [6.07, 6.45) is 0. The van der Waals surface area contributed by atoms with E-state index in [1.165, 1.54) is 0 Å². The van der Waals surface area contributed by atoms with Gasteiger partial charge in [0, 0.05) is 13.6 Å². The second-order valence-corrected chi connectivity index (χ2v) is 6.77. The average molecular weight is 465 g/mol. The molecule has 0 aliphatic heterocycles. The van der Waals surface area contributed by atoms with Crippen molar-refractivity contribution in [1.82, 2.24) is 5.32 Å².